The van der Waals surface area contributed by atoms with E-state index in [4.69, 9.17) is 4.74 Å². The Morgan fingerprint density at radius 2 is 1.58 bits per heavy atom. The first-order valence-electron chi connectivity index (χ1n) is 8.88. The lowest BCUT2D eigenvalue weighted by Gasteiger charge is -2.53. The molecule has 4 nitrogen and oxygen atoms in total. The van der Waals surface area contributed by atoms with Gasteiger partial charge in [0.15, 0.2) is 0 Å². The molecular weight excluding hydrogens is 302 g/mol. The van der Waals surface area contributed by atoms with Crippen LogP contribution in [0.2, 0.25) is 0 Å². The zero-order valence-electron chi connectivity index (χ0n) is 15.3. The standard InChI is InChI=1S/C20H29NO3/c1-18(2,17(22)23)21(3)16-7-5-15(6-8-16)19-9-12-20(24-4,13-10-19)14-11-19/h5-8H,9-14H2,1-4H3,(H,22,23). The van der Waals surface area contributed by atoms with Crippen LogP contribution in [0.25, 0.3) is 0 Å². The number of methoxy groups -OCH3 is 1. The van der Waals surface area contributed by atoms with Crippen LogP contribution in [0.15, 0.2) is 24.3 Å². The molecule has 3 aliphatic rings. The van der Waals surface area contributed by atoms with Crippen LogP contribution < -0.4 is 4.90 Å². The highest BCUT2D eigenvalue weighted by atomic mass is 16.5. The molecule has 0 amide bonds. The Bertz CT molecular complexity index is 596. The minimum atomic E-state index is -0.923. The number of carbonyl (C=O) groups is 1. The first-order chi connectivity index (χ1) is 11.2. The Hall–Kier alpha value is -1.55. The zero-order valence-corrected chi connectivity index (χ0v) is 15.3. The highest BCUT2D eigenvalue weighted by Gasteiger charge is 2.49. The summed E-state index contributed by atoms with van der Waals surface area (Å²) in [7, 11) is 3.70. The number of anilines is 1. The Morgan fingerprint density at radius 3 is 2.00 bits per heavy atom. The molecule has 1 aromatic carbocycles. The van der Waals surface area contributed by atoms with Crippen molar-refractivity contribution in [1.29, 1.82) is 0 Å². The molecule has 132 valence electrons. The van der Waals surface area contributed by atoms with Crippen molar-refractivity contribution < 1.29 is 14.6 Å². The van der Waals surface area contributed by atoms with Crippen LogP contribution in [0.5, 0.6) is 0 Å². The van der Waals surface area contributed by atoms with Crippen LogP contribution in [0.1, 0.15) is 57.9 Å². The Morgan fingerprint density at radius 1 is 1.08 bits per heavy atom. The topological polar surface area (TPSA) is 49.8 Å². The van der Waals surface area contributed by atoms with Gasteiger partial charge in [0.1, 0.15) is 5.54 Å². The van der Waals surface area contributed by atoms with Gasteiger partial charge in [-0.2, -0.15) is 0 Å². The SMILES string of the molecule is COC12CCC(c3ccc(N(C)C(C)(C)C(=O)O)cc3)(CC1)CC2. The monoisotopic (exact) mass is 331 g/mol. The van der Waals surface area contributed by atoms with Crippen LogP contribution in [0.3, 0.4) is 0 Å². The highest BCUT2D eigenvalue weighted by molar-refractivity contribution is 5.82. The van der Waals surface area contributed by atoms with Gasteiger partial charge in [-0.15, -0.1) is 0 Å². The van der Waals surface area contributed by atoms with E-state index in [-0.39, 0.29) is 5.60 Å². The number of fused-ring (bicyclic) bond motifs is 3. The van der Waals surface area contributed by atoms with E-state index < -0.39 is 11.5 Å². The van der Waals surface area contributed by atoms with Crippen LogP contribution in [0, 0.1) is 0 Å². The summed E-state index contributed by atoms with van der Waals surface area (Å²) in [6, 6.07) is 8.55. The summed E-state index contributed by atoms with van der Waals surface area (Å²) in [6.07, 6.45) is 7.02. The summed E-state index contributed by atoms with van der Waals surface area (Å²) in [5.41, 5.74) is 1.85. The third-order valence-corrected chi connectivity index (χ3v) is 6.84. The van der Waals surface area contributed by atoms with Crippen molar-refractivity contribution in [3.63, 3.8) is 0 Å². The van der Waals surface area contributed by atoms with Gasteiger partial charge in [-0.3, -0.25) is 0 Å². The van der Waals surface area contributed by atoms with Gasteiger partial charge in [0, 0.05) is 19.8 Å². The number of aliphatic carboxylic acids is 1. The molecule has 0 radical (unpaired) electrons. The minimum Gasteiger partial charge on any atom is -0.480 e. The Balaban J connectivity index is 1.80. The van der Waals surface area contributed by atoms with Gasteiger partial charge in [0.25, 0.3) is 0 Å². The maximum atomic E-state index is 11.5. The van der Waals surface area contributed by atoms with Crippen molar-refractivity contribution in [3.05, 3.63) is 29.8 Å². The van der Waals surface area contributed by atoms with Crippen molar-refractivity contribution in [2.45, 2.75) is 68.9 Å². The highest BCUT2D eigenvalue weighted by Crippen LogP contribution is 2.54. The van der Waals surface area contributed by atoms with Gasteiger partial charge < -0.3 is 14.7 Å². The number of carboxylic acid groups (broad SMARTS) is 1. The Labute approximate surface area is 144 Å². The number of hydrogen-bond donors (Lipinski definition) is 1. The first-order valence-corrected chi connectivity index (χ1v) is 8.88. The molecule has 0 aromatic heterocycles. The van der Waals surface area contributed by atoms with Gasteiger partial charge in [0.05, 0.1) is 5.60 Å². The Kier molecular flexibility index (Phi) is 4.15. The smallest absolute Gasteiger partial charge is 0.328 e. The summed E-state index contributed by atoms with van der Waals surface area (Å²) in [4.78, 5) is 13.3. The fraction of sp³-hybridized carbons (Fsp3) is 0.650. The molecule has 0 heterocycles. The number of hydrogen-bond acceptors (Lipinski definition) is 3. The van der Waals surface area contributed by atoms with Gasteiger partial charge >= 0.3 is 5.97 Å². The largest absolute Gasteiger partial charge is 0.480 e. The second kappa shape index (κ2) is 5.76. The summed E-state index contributed by atoms with van der Waals surface area (Å²) in [6.45, 7) is 3.46. The van der Waals surface area contributed by atoms with Gasteiger partial charge in [-0.25, -0.2) is 4.79 Å². The van der Waals surface area contributed by atoms with E-state index >= 15 is 0 Å². The molecule has 0 unspecified atom stereocenters. The van der Waals surface area contributed by atoms with Gasteiger partial charge in [-0.1, -0.05) is 12.1 Å². The van der Waals surface area contributed by atoms with Crippen LogP contribution in [-0.2, 0) is 14.9 Å². The van der Waals surface area contributed by atoms with Crippen molar-refractivity contribution >= 4 is 11.7 Å². The molecule has 3 aliphatic carbocycles. The summed E-state index contributed by atoms with van der Waals surface area (Å²) in [5.74, 6) is -0.817. The van der Waals surface area contributed by atoms with E-state index in [1.807, 2.05) is 19.1 Å². The van der Waals surface area contributed by atoms with Crippen molar-refractivity contribution in [1.82, 2.24) is 0 Å². The summed E-state index contributed by atoms with van der Waals surface area (Å²) < 4.78 is 5.79. The first kappa shape index (κ1) is 17.3. The van der Waals surface area contributed by atoms with Crippen molar-refractivity contribution in [3.8, 4) is 0 Å². The third-order valence-electron chi connectivity index (χ3n) is 6.84. The predicted octanol–water partition coefficient (Wildman–Crippen LogP) is 3.98. The van der Waals surface area contributed by atoms with E-state index in [1.165, 1.54) is 24.8 Å². The van der Waals surface area contributed by atoms with Crippen LogP contribution in [-0.4, -0.2) is 36.4 Å². The number of ether oxygens (including phenoxy) is 1. The van der Waals surface area contributed by atoms with E-state index in [2.05, 4.69) is 24.3 Å². The molecule has 3 fully saturated rings. The number of nitrogens with zero attached hydrogens (tertiary/aromatic N) is 1. The fourth-order valence-electron chi connectivity index (χ4n) is 4.40. The molecule has 0 atom stereocenters. The van der Waals surface area contributed by atoms with Crippen molar-refractivity contribution in [2.75, 3.05) is 19.1 Å². The van der Waals surface area contributed by atoms with Gasteiger partial charge in [-0.05, 0) is 75.5 Å². The van der Waals surface area contributed by atoms with Crippen LogP contribution >= 0.6 is 0 Å². The summed E-state index contributed by atoms with van der Waals surface area (Å²) in [5, 5.41) is 9.41. The molecule has 1 N–H and O–H groups in total. The second-order valence-electron chi connectivity index (χ2n) is 8.14. The molecule has 0 aliphatic heterocycles. The predicted molar refractivity (Wildman–Crippen MR) is 95.7 cm³/mol. The normalized spacial score (nSPS) is 29.5. The molecule has 3 saturated carbocycles. The molecule has 4 rings (SSSR count). The molecular formula is C20H29NO3. The average Bonchev–Trinajstić information content (AvgIpc) is 2.62. The molecule has 0 saturated heterocycles. The lowest BCUT2D eigenvalue weighted by atomic mass is 9.56. The van der Waals surface area contributed by atoms with E-state index in [1.54, 1.807) is 13.8 Å². The van der Waals surface area contributed by atoms with E-state index in [9.17, 15) is 9.90 Å². The number of carboxylic acids is 1. The van der Waals surface area contributed by atoms with Crippen molar-refractivity contribution in [2.24, 2.45) is 0 Å². The summed E-state index contributed by atoms with van der Waals surface area (Å²) >= 11 is 0. The molecule has 1 aromatic rings. The molecule has 24 heavy (non-hydrogen) atoms. The van der Waals surface area contributed by atoms with Gasteiger partial charge in [0.2, 0.25) is 0 Å². The van der Waals surface area contributed by atoms with Crippen LogP contribution in [0.4, 0.5) is 5.69 Å². The second-order valence-corrected chi connectivity index (χ2v) is 8.14. The minimum absolute atomic E-state index is 0.132. The number of likely N-dealkylation sites (N-methyl/N-ethyl adjacent to an activating group) is 1. The molecule has 2 bridgehead atoms. The fourth-order valence-corrected chi connectivity index (χ4v) is 4.40. The molecule has 4 heteroatoms. The van der Waals surface area contributed by atoms with E-state index in [0.717, 1.165) is 24.9 Å². The third kappa shape index (κ3) is 2.61. The average molecular weight is 331 g/mol. The number of rotatable bonds is 5. The quantitative estimate of drug-likeness (QED) is 0.887. The lowest BCUT2D eigenvalue weighted by Crippen LogP contribution is -2.49. The maximum Gasteiger partial charge on any atom is 0.328 e. The number of benzene rings is 1. The lowest BCUT2D eigenvalue weighted by molar-refractivity contribution is -0.142. The van der Waals surface area contributed by atoms with E-state index in [0.29, 0.717) is 5.41 Å². The molecule has 0 spiro atoms. The zero-order chi connectivity index (χ0) is 17.6. The maximum absolute atomic E-state index is 11.5.